The maximum atomic E-state index is 10.9. The first kappa shape index (κ1) is 12.1. The van der Waals surface area contributed by atoms with E-state index < -0.39 is 12.1 Å². The second-order valence-corrected chi connectivity index (χ2v) is 5.06. The Bertz CT molecular complexity index is 419. The third-order valence-corrected chi connectivity index (χ3v) is 3.45. The van der Waals surface area contributed by atoms with Gasteiger partial charge in [-0.2, -0.15) is 0 Å². The fourth-order valence-corrected chi connectivity index (χ4v) is 2.52. The van der Waals surface area contributed by atoms with Gasteiger partial charge in [0, 0.05) is 5.41 Å². The zero-order chi connectivity index (χ0) is 12.5. The van der Waals surface area contributed by atoms with Crippen molar-refractivity contribution in [2.75, 3.05) is 0 Å². The van der Waals surface area contributed by atoms with Crippen LogP contribution in [0.3, 0.4) is 0 Å². The van der Waals surface area contributed by atoms with E-state index in [0.29, 0.717) is 6.42 Å². The molecule has 1 aromatic carbocycles. The molecule has 1 fully saturated rings. The molecule has 1 saturated carbocycles. The van der Waals surface area contributed by atoms with Crippen molar-refractivity contribution >= 4 is 5.97 Å². The van der Waals surface area contributed by atoms with Crippen LogP contribution in [0.5, 0.6) is 0 Å². The van der Waals surface area contributed by atoms with Crippen LogP contribution < -0.4 is 0 Å². The molecule has 2 N–H and O–H groups in total. The number of aliphatic hydroxyl groups excluding tert-OH is 1. The summed E-state index contributed by atoms with van der Waals surface area (Å²) in [5.74, 6) is -0.741. The number of hydrogen-bond acceptors (Lipinski definition) is 2. The highest BCUT2D eigenvalue weighted by Crippen LogP contribution is 2.52. The van der Waals surface area contributed by atoms with Gasteiger partial charge in [0.25, 0.3) is 0 Å². The standard InChI is InChI=1S/C14H18O3/c1-10(15)8-11-4-2-3-5-12(11)14(6-7-14)9-13(16)17/h2-5,10,15H,6-9H2,1H3,(H,16,17). The van der Waals surface area contributed by atoms with Gasteiger partial charge in [0.15, 0.2) is 0 Å². The van der Waals surface area contributed by atoms with E-state index >= 15 is 0 Å². The highest BCUT2D eigenvalue weighted by molar-refractivity contribution is 5.70. The fraction of sp³-hybridized carbons (Fsp3) is 0.500. The normalized spacial score (nSPS) is 18.7. The minimum Gasteiger partial charge on any atom is -0.481 e. The molecular weight excluding hydrogens is 216 g/mol. The van der Waals surface area contributed by atoms with Crippen LogP contribution in [0.4, 0.5) is 0 Å². The number of aliphatic hydroxyl groups is 1. The average Bonchev–Trinajstić information content (AvgIpc) is 2.97. The SMILES string of the molecule is CC(O)Cc1ccccc1C1(CC(=O)O)CC1. The smallest absolute Gasteiger partial charge is 0.304 e. The predicted molar refractivity (Wildman–Crippen MR) is 65.0 cm³/mol. The maximum Gasteiger partial charge on any atom is 0.304 e. The topological polar surface area (TPSA) is 57.5 Å². The first-order valence-electron chi connectivity index (χ1n) is 6.02. The Morgan fingerprint density at radius 3 is 2.59 bits per heavy atom. The lowest BCUT2D eigenvalue weighted by Crippen LogP contribution is -2.17. The summed E-state index contributed by atoms with van der Waals surface area (Å²) in [5.41, 5.74) is 2.03. The first-order chi connectivity index (χ1) is 8.03. The molecule has 0 spiro atoms. The lowest BCUT2D eigenvalue weighted by atomic mass is 9.87. The number of benzene rings is 1. The Morgan fingerprint density at radius 2 is 2.06 bits per heavy atom. The quantitative estimate of drug-likeness (QED) is 0.820. The molecule has 2 rings (SSSR count). The van der Waals surface area contributed by atoms with Gasteiger partial charge in [-0.3, -0.25) is 4.79 Å². The van der Waals surface area contributed by atoms with Crippen LogP contribution >= 0.6 is 0 Å². The number of carboxylic acids is 1. The minimum atomic E-state index is -0.741. The Hall–Kier alpha value is -1.35. The lowest BCUT2D eigenvalue weighted by molar-refractivity contribution is -0.137. The molecule has 0 radical (unpaired) electrons. The van der Waals surface area contributed by atoms with Gasteiger partial charge in [0.1, 0.15) is 0 Å². The van der Waals surface area contributed by atoms with E-state index in [9.17, 15) is 9.90 Å². The highest BCUT2D eigenvalue weighted by atomic mass is 16.4. The van der Waals surface area contributed by atoms with Gasteiger partial charge in [0.2, 0.25) is 0 Å². The van der Waals surface area contributed by atoms with Crippen molar-refractivity contribution in [1.29, 1.82) is 0 Å². The van der Waals surface area contributed by atoms with Crippen molar-refractivity contribution in [1.82, 2.24) is 0 Å². The second-order valence-electron chi connectivity index (χ2n) is 5.06. The zero-order valence-electron chi connectivity index (χ0n) is 10.0. The van der Waals surface area contributed by atoms with E-state index in [2.05, 4.69) is 0 Å². The first-order valence-corrected chi connectivity index (χ1v) is 6.02. The summed E-state index contributed by atoms with van der Waals surface area (Å²) in [6.07, 6.45) is 2.28. The van der Waals surface area contributed by atoms with Crippen LogP contribution in [0, 0.1) is 0 Å². The molecule has 1 aliphatic carbocycles. The summed E-state index contributed by atoms with van der Waals surface area (Å²) in [7, 11) is 0. The predicted octanol–water partition coefficient (Wildman–Crippen LogP) is 2.12. The molecule has 0 amide bonds. The van der Waals surface area contributed by atoms with Crippen molar-refractivity contribution in [3.05, 3.63) is 35.4 Å². The lowest BCUT2D eigenvalue weighted by Gasteiger charge is -2.18. The summed E-state index contributed by atoms with van der Waals surface area (Å²) in [6.45, 7) is 1.76. The van der Waals surface area contributed by atoms with Gasteiger partial charge in [-0.05, 0) is 37.3 Å². The van der Waals surface area contributed by atoms with Crippen LogP contribution in [-0.4, -0.2) is 22.3 Å². The number of aliphatic carboxylic acids is 1. The summed E-state index contributed by atoms with van der Waals surface area (Å²) in [5, 5.41) is 18.5. The van der Waals surface area contributed by atoms with E-state index in [4.69, 9.17) is 5.11 Å². The molecule has 3 nitrogen and oxygen atoms in total. The average molecular weight is 234 g/mol. The Kier molecular flexibility index (Phi) is 3.20. The van der Waals surface area contributed by atoms with Crippen LogP contribution in [0.15, 0.2) is 24.3 Å². The third-order valence-electron chi connectivity index (χ3n) is 3.45. The van der Waals surface area contributed by atoms with Gasteiger partial charge < -0.3 is 10.2 Å². The molecule has 0 bridgehead atoms. The van der Waals surface area contributed by atoms with Gasteiger partial charge in [-0.25, -0.2) is 0 Å². The highest BCUT2D eigenvalue weighted by Gasteiger charge is 2.46. The molecule has 0 aliphatic heterocycles. The van der Waals surface area contributed by atoms with Crippen molar-refractivity contribution in [3.63, 3.8) is 0 Å². The molecule has 1 atom stereocenters. The van der Waals surface area contributed by atoms with Crippen LogP contribution in [0.1, 0.15) is 37.3 Å². The summed E-state index contributed by atoms with van der Waals surface area (Å²) < 4.78 is 0. The maximum absolute atomic E-state index is 10.9. The molecule has 1 aromatic rings. The number of carbonyl (C=O) groups is 1. The largest absolute Gasteiger partial charge is 0.481 e. The molecule has 1 aliphatic rings. The van der Waals surface area contributed by atoms with Gasteiger partial charge in [0.05, 0.1) is 12.5 Å². The van der Waals surface area contributed by atoms with E-state index in [0.717, 1.165) is 24.0 Å². The molecule has 92 valence electrons. The Morgan fingerprint density at radius 1 is 1.41 bits per heavy atom. The molecule has 17 heavy (non-hydrogen) atoms. The van der Waals surface area contributed by atoms with Gasteiger partial charge in [-0.15, -0.1) is 0 Å². The van der Waals surface area contributed by atoms with E-state index in [1.165, 1.54) is 0 Å². The van der Waals surface area contributed by atoms with E-state index in [1.54, 1.807) is 6.92 Å². The molecular formula is C14H18O3. The summed E-state index contributed by atoms with van der Waals surface area (Å²) >= 11 is 0. The Labute approximate surface area is 101 Å². The fourth-order valence-electron chi connectivity index (χ4n) is 2.52. The van der Waals surface area contributed by atoms with E-state index in [-0.39, 0.29) is 11.8 Å². The van der Waals surface area contributed by atoms with Crippen LogP contribution in [-0.2, 0) is 16.6 Å². The number of carboxylic acid groups (broad SMARTS) is 1. The van der Waals surface area contributed by atoms with Crippen molar-refractivity contribution in [3.8, 4) is 0 Å². The summed E-state index contributed by atoms with van der Waals surface area (Å²) in [4.78, 5) is 10.9. The van der Waals surface area contributed by atoms with Gasteiger partial charge in [-0.1, -0.05) is 24.3 Å². The minimum absolute atomic E-state index is 0.169. The molecule has 0 heterocycles. The second kappa shape index (κ2) is 4.49. The zero-order valence-corrected chi connectivity index (χ0v) is 10.0. The third kappa shape index (κ3) is 2.67. The molecule has 1 unspecified atom stereocenters. The molecule has 0 aromatic heterocycles. The Balaban J connectivity index is 2.28. The monoisotopic (exact) mass is 234 g/mol. The van der Waals surface area contributed by atoms with Crippen LogP contribution in [0.25, 0.3) is 0 Å². The van der Waals surface area contributed by atoms with Crippen molar-refractivity contribution in [2.24, 2.45) is 0 Å². The summed E-state index contributed by atoms with van der Waals surface area (Å²) in [6, 6.07) is 7.89. The molecule has 3 heteroatoms. The van der Waals surface area contributed by atoms with Crippen molar-refractivity contribution < 1.29 is 15.0 Å². The van der Waals surface area contributed by atoms with Crippen LogP contribution in [0.2, 0.25) is 0 Å². The number of hydrogen-bond donors (Lipinski definition) is 2. The molecule has 0 saturated heterocycles. The van der Waals surface area contributed by atoms with Gasteiger partial charge >= 0.3 is 5.97 Å². The van der Waals surface area contributed by atoms with E-state index in [1.807, 2.05) is 24.3 Å². The van der Waals surface area contributed by atoms with Crippen molar-refractivity contribution in [2.45, 2.75) is 44.1 Å². The number of rotatable bonds is 5.